The van der Waals surface area contributed by atoms with Gasteiger partial charge in [0.25, 0.3) is 5.56 Å². The number of allylic oxidation sites excluding steroid dienone is 1. The Morgan fingerprint density at radius 1 is 1.43 bits per heavy atom. The number of phosphoric acid groups is 1. The van der Waals surface area contributed by atoms with E-state index in [2.05, 4.69) is 0 Å². The van der Waals surface area contributed by atoms with Gasteiger partial charge in [-0.05, 0) is 13.3 Å². The summed E-state index contributed by atoms with van der Waals surface area (Å²) in [6.07, 6.45) is -0.703. The molecule has 28 heavy (non-hydrogen) atoms. The molecule has 0 saturated heterocycles. The molecule has 2 unspecified atom stereocenters. The second-order valence-electron chi connectivity index (χ2n) is 6.23. The largest absolute Gasteiger partial charge is 0.509 e. The molecule has 0 radical (unpaired) electrons. The number of nitrogens with zero attached hydrogens (tertiary/aromatic N) is 1. The van der Waals surface area contributed by atoms with Gasteiger partial charge in [0.15, 0.2) is 11.4 Å². The van der Waals surface area contributed by atoms with Gasteiger partial charge in [-0.15, -0.1) is 0 Å². The Hall–Kier alpha value is -1.98. The quantitative estimate of drug-likeness (QED) is 0.391. The van der Waals surface area contributed by atoms with Crippen molar-refractivity contribution < 1.29 is 37.5 Å². The molecule has 158 valence electrons. The van der Waals surface area contributed by atoms with Crippen LogP contribution in [0.25, 0.3) is 0 Å². The lowest BCUT2D eigenvalue weighted by Crippen LogP contribution is -2.44. The van der Waals surface area contributed by atoms with Gasteiger partial charge >= 0.3 is 13.5 Å². The molecule has 1 aliphatic rings. The van der Waals surface area contributed by atoms with Crippen LogP contribution in [-0.4, -0.2) is 52.2 Å². The number of alkyl halides is 1. The number of rotatable bonds is 9. The zero-order chi connectivity index (χ0) is 20.9. The van der Waals surface area contributed by atoms with Crippen LogP contribution in [0.5, 0.6) is 0 Å². The molecule has 3 N–H and O–H groups in total. The van der Waals surface area contributed by atoms with Crippen molar-refractivity contribution in [2.75, 3.05) is 26.9 Å². The number of methoxy groups -OCH3 is 1. The summed E-state index contributed by atoms with van der Waals surface area (Å²) in [5, 5.41) is 9.99. The Balaban J connectivity index is 2.11. The van der Waals surface area contributed by atoms with Gasteiger partial charge in [0.2, 0.25) is 6.23 Å². The maximum atomic E-state index is 14.9. The van der Waals surface area contributed by atoms with Gasteiger partial charge in [0, 0.05) is 32.4 Å². The Kier molecular flexibility index (Phi) is 7.18. The summed E-state index contributed by atoms with van der Waals surface area (Å²) in [5.74, 6) is -0.883. The van der Waals surface area contributed by atoms with Crippen molar-refractivity contribution in [1.29, 1.82) is 0 Å². The Morgan fingerprint density at radius 3 is 2.79 bits per heavy atom. The lowest BCUT2D eigenvalue weighted by Gasteiger charge is -2.36. The fraction of sp³-hybridized carbons (Fsp3) is 0.600. The van der Waals surface area contributed by atoms with Crippen molar-refractivity contribution >= 4 is 7.82 Å². The Labute approximate surface area is 158 Å². The second-order valence-corrected chi connectivity index (χ2v) is 7.69. The van der Waals surface area contributed by atoms with E-state index in [1.807, 2.05) is 4.98 Å². The van der Waals surface area contributed by atoms with Crippen molar-refractivity contribution in [3.63, 3.8) is 0 Å². The summed E-state index contributed by atoms with van der Waals surface area (Å²) in [4.78, 5) is 34.7. The molecule has 0 bridgehead atoms. The van der Waals surface area contributed by atoms with Gasteiger partial charge in [0.05, 0.1) is 6.61 Å². The third kappa shape index (κ3) is 5.76. The first-order valence-electron chi connectivity index (χ1n) is 8.24. The normalized spacial score (nSPS) is 24.6. The van der Waals surface area contributed by atoms with E-state index in [9.17, 15) is 28.5 Å². The van der Waals surface area contributed by atoms with Crippen LogP contribution in [0.1, 0.15) is 26.0 Å². The van der Waals surface area contributed by atoms with Crippen molar-refractivity contribution in [1.82, 2.24) is 9.55 Å². The predicted octanol–water partition coefficient (Wildman–Crippen LogP) is 1.12. The number of aliphatic hydroxyl groups is 1. The number of halogens is 1. The highest BCUT2D eigenvalue weighted by molar-refractivity contribution is 7.47. The van der Waals surface area contributed by atoms with E-state index in [1.165, 1.54) is 7.11 Å². The van der Waals surface area contributed by atoms with Crippen LogP contribution >= 0.6 is 7.82 Å². The number of H-pyrrole nitrogens is 1. The molecule has 1 aromatic rings. The maximum Gasteiger partial charge on any atom is 0.472 e. The molecule has 0 fully saturated rings. The third-order valence-electron chi connectivity index (χ3n) is 3.81. The molecular weight excluding hydrogens is 402 g/mol. The number of hydrogen-bond donors (Lipinski definition) is 3. The van der Waals surface area contributed by atoms with E-state index in [1.54, 1.807) is 0 Å². The van der Waals surface area contributed by atoms with Gasteiger partial charge in [-0.3, -0.25) is 23.4 Å². The first kappa shape index (κ1) is 22.3. The zero-order valence-electron chi connectivity index (χ0n) is 15.3. The highest BCUT2D eigenvalue weighted by Crippen LogP contribution is 2.45. The minimum absolute atomic E-state index is 0.106. The summed E-state index contributed by atoms with van der Waals surface area (Å²) >= 11 is 0. The summed E-state index contributed by atoms with van der Waals surface area (Å²) in [7, 11) is -2.99. The number of aliphatic hydroxyl groups excluding tert-OH is 1. The van der Waals surface area contributed by atoms with E-state index in [-0.39, 0.29) is 12.4 Å². The predicted molar refractivity (Wildman–Crippen MR) is 93.5 cm³/mol. The molecule has 3 atom stereocenters. The lowest BCUT2D eigenvalue weighted by molar-refractivity contribution is -0.103. The topological polar surface area (TPSA) is 149 Å². The Morgan fingerprint density at radius 2 is 2.14 bits per heavy atom. The molecule has 13 heteroatoms. The Bertz CT molecular complexity index is 879. The van der Waals surface area contributed by atoms with E-state index in [0.717, 1.165) is 23.8 Å². The van der Waals surface area contributed by atoms with Crippen LogP contribution in [0.3, 0.4) is 0 Å². The molecule has 11 nitrogen and oxygen atoms in total. The van der Waals surface area contributed by atoms with E-state index < -0.39 is 49.8 Å². The average molecular weight is 424 g/mol. The summed E-state index contributed by atoms with van der Waals surface area (Å²) in [6, 6.07) is 1.00. The summed E-state index contributed by atoms with van der Waals surface area (Å²) in [6.45, 7) is 0.610. The van der Waals surface area contributed by atoms with Gasteiger partial charge < -0.3 is 19.5 Å². The van der Waals surface area contributed by atoms with Gasteiger partial charge in [-0.25, -0.2) is 13.8 Å². The highest BCUT2D eigenvalue weighted by Gasteiger charge is 2.44. The molecule has 0 aliphatic carbocycles. The highest BCUT2D eigenvalue weighted by atomic mass is 31.2. The fourth-order valence-electron chi connectivity index (χ4n) is 2.48. The van der Waals surface area contributed by atoms with Crippen LogP contribution in [-0.2, 0) is 23.1 Å². The van der Waals surface area contributed by atoms with Gasteiger partial charge in [-0.2, -0.15) is 0 Å². The average Bonchev–Trinajstić information content (AvgIpc) is 2.58. The van der Waals surface area contributed by atoms with Crippen molar-refractivity contribution in [2.24, 2.45) is 0 Å². The van der Waals surface area contributed by atoms with Crippen LogP contribution in [0.15, 0.2) is 33.4 Å². The third-order valence-corrected chi connectivity index (χ3v) is 4.78. The lowest BCUT2D eigenvalue weighted by atomic mass is 9.97. The summed E-state index contributed by atoms with van der Waals surface area (Å²) < 4.78 is 47.1. The van der Waals surface area contributed by atoms with E-state index in [4.69, 9.17) is 18.5 Å². The van der Waals surface area contributed by atoms with Crippen LogP contribution in [0.4, 0.5) is 4.39 Å². The van der Waals surface area contributed by atoms with Crippen molar-refractivity contribution in [3.05, 3.63) is 44.6 Å². The van der Waals surface area contributed by atoms with E-state index >= 15 is 0 Å². The fourth-order valence-corrected chi connectivity index (χ4v) is 3.19. The minimum atomic E-state index is -4.46. The van der Waals surface area contributed by atoms with Gasteiger partial charge in [0.1, 0.15) is 12.4 Å². The molecule has 0 aromatic carbocycles. The number of hydrogen-bond acceptors (Lipinski definition) is 8. The number of aromatic nitrogens is 2. The van der Waals surface area contributed by atoms with Crippen molar-refractivity contribution in [2.45, 2.75) is 31.7 Å². The molecule has 2 rings (SSSR count). The SMILES string of the molecule is COCCCOP(=O)(O)OCC1=C(O)CC(C)(F)[C@H](n2ccc(=O)[nH]c2=O)O1. The summed E-state index contributed by atoms with van der Waals surface area (Å²) in [5.41, 5.74) is -3.81. The molecule has 0 saturated carbocycles. The number of nitrogens with one attached hydrogen (secondary N) is 1. The number of aromatic amines is 1. The number of ether oxygens (including phenoxy) is 2. The molecule has 2 heterocycles. The monoisotopic (exact) mass is 424 g/mol. The molecular formula is C15H22FN2O9P. The van der Waals surface area contributed by atoms with E-state index in [0.29, 0.717) is 13.0 Å². The second kappa shape index (κ2) is 9.01. The molecule has 0 amide bonds. The maximum absolute atomic E-state index is 14.9. The van der Waals surface area contributed by atoms with Crippen molar-refractivity contribution in [3.8, 4) is 0 Å². The van der Waals surface area contributed by atoms with Crippen LogP contribution < -0.4 is 11.2 Å². The molecule has 1 aliphatic heterocycles. The first-order chi connectivity index (χ1) is 13.1. The molecule has 0 spiro atoms. The molecule has 1 aromatic heterocycles. The minimum Gasteiger partial charge on any atom is -0.509 e. The zero-order valence-corrected chi connectivity index (χ0v) is 16.2. The standard InChI is InChI=1S/C15H22FN2O9P/c1-15(16)8-10(19)11(9-26-28(22,23)25-7-3-6-24-2)27-13(15)18-5-4-12(20)17-14(18)21/h4-5,13,19H,3,6-9H2,1-2H3,(H,22,23)(H,17,20,21)/t13-,15?/m1/s1. The first-order valence-corrected chi connectivity index (χ1v) is 9.74. The van der Waals surface area contributed by atoms with Crippen LogP contribution in [0.2, 0.25) is 0 Å². The number of phosphoric ester groups is 1. The van der Waals surface area contributed by atoms with Crippen LogP contribution in [0, 0.1) is 0 Å². The smallest absolute Gasteiger partial charge is 0.472 e. The van der Waals surface area contributed by atoms with Gasteiger partial charge in [-0.1, -0.05) is 0 Å².